The van der Waals surface area contributed by atoms with Crippen molar-refractivity contribution in [1.82, 2.24) is 4.98 Å². The molecule has 2 aromatic rings. The predicted octanol–water partition coefficient (Wildman–Crippen LogP) is 1.32. The number of rotatable bonds is 3. The third-order valence-electron chi connectivity index (χ3n) is 1.97. The van der Waals surface area contributed by atoms with E-state index >= 15 is 0 Å². The van der Waals surface area contributed by atoms with Gasteiger partial charge in [0, 0.05) is 0 Å². The number of oxazole rings is 1. The number of benzene rings is 1. The minimum absolute atomic E-state index is 0.0647. The Morgan fingerprint density at radius 1 is 1.19 bits per heavy atom. The van der Waals surface area contributed by atoms with Crippen molar-refractivity contribution in [3.63, 3.8) is 0 Å². The van der Waals surface area contributed by atoms with Crippen LogP contribution in [-0.4, -0.2) is 19.7 Å². The molecular weight excluding hydrogens is 230 g/mol. The molecule has 0 spiro atoms. The molecule has 0 aliphatic rings. The average Bonchev–Trinajstić information content (AvgIpc) is 2.79. The summed E-state index contributed by atoms with van der Waals surface area (Å²) in [6, 6.07) is 7.71. The molecule has 0 bridgehead atoms. The second kappa shape index (κ2) is 3.90. The number of carbonyl (C=O) groups excluding carboxylic acids is 1. The monoisotopic (exact) mass is 237 g/mol. The van der Waals surface area contributed by atoms with Crippen molar-refractivity contribution < 1.29 is 17.6 Å². The largest absolute Gasteiger partial charge is 0.431 e. The van der Waals surface area contributed by atoms with Crippen molar-refractivity contribution in [2.75, 3.05) is 0 Å². The maximum Gasteiger partial charge on any atom is 0.253 e. The summed E-state index contributed by atoms with van der Waals surface area (Å²) >= 11 is 0. The van der Waals surface area contributed by atoms with Crippen LogP contribution in [0.4, 0.5) is 0 Å². The molecule has 82 valence electrons. The van der Waals surface area contributed by atoms with Gasteiger partial charge in [-0.05, 0) is 12.1 Å². The Bertz CT molecular complexity index is 601. The van der Waals surface area contributed by atoms with E-state index in [2.05, 4.69) is 4.98 Å². The molecule has 0 atom stereocenters. The minimum Gasteiger partial charge on any atom is -0.431 e. The van der Waals surface area contributed by atoms with Crippen molar-refractivity contribution in [3.8, 4) is 0 Å². The molecule has 5 nitrogen and oxygen atoms in total. The van der Waals surface area contributed by atoms with Gasteiger partial charge >= 0.3 is 0 Å². The summed E-state index contributed by atoms with van der Waals surface area (Å²) in [5.41, 5.74) is -0.219. The van der Waals surface area contributed by atoms with Crippen LogP contribution in [0.2, 0.25) is 0 Å². The number of carbonyl (C=O) groups is 1. The topological polar surface area (TPSA) is 77.2 Å². The van der Waals surface area contributed by atoms with Crippen LogP contribution >= 0.6 is 0 Å². The van der Waals surface area contributed by atoms with Crippen LogP contribution in [0.15, 0.2) is 51.1 Å². The highest BCUT2D eigenvalue weighted by molar-refractivity contribution is 7.91. The molecule has 16 heavy (non-hydrogen) atoms. The Kier molecular flexibility index (Phi) is 2.57. The second-order valence-electron chi connectivity index (χ2n) is 2.96. The van der Waals surface area contributed by atoms with Gasteiger partial charge in [-0.25, -0.2) is 13.4 Å². The molecule has 0 N–H and O–H groups in total. The van der Waals surface area contributed by atoms with Gasteiger partial charge in [0.25, 0.3) is 5.09 Å². The number of aromatic nitrogens is 1. The zero-order valence-electron chi connectivity index (χ0n) is 8.03. The van der Waals surface area contributed by atoms with Gasteiger partial charge in [-0.3, -0.25) is 4.79 Å². The Morgan fingerprint density at radius 2 is 1.88 bits per heavy atom. The van der Waals surface area contributed by atoms with Crippen molar-refractivity contribution in [1.29, 1.82) is 0 Å². The lowest BCUT2D eigenvalue weighted by atomic mass is 10.4. The average molecular weight is 237 g/mol. The summed E-state index contributed by atoms with van der Waals surface area (Å²) in [4.78, 5) is 14.2. The number of aldehydes is 1. The van der Waals surface area contributed by atoms with Gasteiger partial charge in [-0.2, -0.15) is 0 Å². The standard InChI is InChI=1S/C10H7NO4S/c12-6-9-10(15-7-11-9)16(13,14)8-4-2-1-3-5-8/h1-7H. The highest BCUT2D eigenvalue weighted by Crippen LogP contribution is 2.22. The first-order chi connectivity index (χ1) is 7.66. The summed E-state index contributed by atoms with van der Waals surface area (Å²) in [5.74, 6) is 0. The lowest BCUT2D eigenvalue weighted by molar-refractivity contribution is 0.111. The summed E-state index contributed by atoms with van der Waals surface area (Å²) in [6.07, 6.45) is 1.28. The van der Waals surface area contributed by atoms with E-state index < -0.39 is 14.9 Å². The summed E-state index contributed by atoms with van der Waals surface area (Å²) in [5, 5.41) is -0.422. The van der Waals surface area contributed by atoms with Crippen molar-refractivity contribution in [3.05, 3.63) is 42.4 Å². The lowest BCUT2D eigenvalue weighted by Gasteiger charge is -1.99. The first-order valence-corrected chi connectivity index (χ1v) is 5.83. The summed E-state index contributed by atoms with van der Waals surface area (Å²) < 4.78 is 28.7. The van der Waals surface area contributed by atoms with Gasteiger partial charge in [0.05, 0.1) is 4.90 Å². The van der Waals surface area contributed by atoms with Crippen molar-refractivity contribution in [2.45, 2.75) is 9.99 Å². The van der Waals surface area contributed by atoms with Crippen LogP contribution in [0, 0.1) is 0 Å². The van der Waals surface area contributed by atoms with Crippen molar-refractivity contribution >= 4 is 16.1 Å². The lowest BCUT2D eigenvalue weighted by Crippen LogP contribution is -2.03. The van der Waals surface area contributed by atoms with Gasteiger partial charge < -0.3 is 4.42 Å². The van der Waals surface area contributed by atoms with Gasteiger partial charge in [-0.1, -0.05) is 18.2 Å². The third kappa shape index (κ3) is 1.63. The van der Waals surface area contributed by atoms with E-state index in [9.17, 15) is 13.2 Å². The Balaban J connectivity index is 2.61. The number of hydrogen-bond acceptors (Lipinski definition) is 5. The molecular formula is C10H7NO4S. The normalized spacial score (nSPS) is 11.2. The number of hydrogen-bond donors (Lipinski definition) is 0. The maximum atomic E-state index is 12.0. The maximum absolute atomic E-state index is 12.0. The van der Waals surface area contributed by atoms with Crippen LogP contribution in [0.1, 0.15) is 10.5 Å². The first-order valence-electron chi connectivity index (χ1n) is 4.35. The molecule has 0 aliphatic heterocycles. The van der Waals surface area contributed by atoms with E-state index in [0.29, 0.717) is 6.29 Å². The molecule has 1 aromatic carbocycles. The first kappa shape index (κ1) is 10.6. The number of sulfone groups is 1. The molecule has 0 aliphatic carbocycles. The Labute approximate surface area is 91.7 Å². The van der Waals surface area contributed by atoms with Crippen LogP contribution in [-0.2, 0) is 9.84 Å². The molecule has 0 saturated heterocycles. The minimum atomic E-state index is -3.80. The van der Waals surface area contributed by atoms with E-state index in [1.807, 2.05) is 0 Å². The zero-order valence-corrected chi connectivity index (χ0v) is 8.85. The zero-order chi connectivity index (χ0) is 11.6. The molecule has 1 aromatic heterocycles. The fraction of sp³-hybridized carbons (Fsp3) is 0. The van der Waals surface area contributed by atoms with E-state index in [1.165, 1.54) is 12.1 Å². The summed E-state index contributed by atoms with van der Waals surface area (Å²) in [6.45, 7) is 0. The molecule has 1 heterocycles. The van der Waals surface area contributed by atoms with E-state index in [4.69, 9.17) is 4.42 Å². The molecule has 0 saturated carbocycles. The highest BCUT2D eigenvalue weighted by Gasteiger charge is 2.25. The molecule has 0 amide bonds. The van der Waals surface area contributed by atoms with Gasteiger partial charge in [0.1, 0.15) is 0 Å². The van der Waals surface area contributed by atoms with E-state index in [0.717, 1.165) is 6.39 Å². The van der Waals surface area contributed by atoms with Crippen LogP contribution in [0.25, 0.3) is 0 Å². The van der Waals surface area contributed by atoms with Gasteiger partial charge in [0.15, 0.2) is 18.4 Å². The fourth-order valence-electron chi connectivity index (χ4n) is 1.23. The SMILES string of the molecule is O=Cc1ncoc1S(=O)(=O)c1ccccc1. The fourth-order valence-corrected chi connectivity index (χ4v) is 2.51. The molecule has 0 fully saturated rings. The van der Waals surface area contributed by atoms with Gasteiger partial charge in [-0.15, -0.1) is 0 Å². The van der Waals surface area contributed by atoms with E-state index in [1.54, 1.807) is 18.2 Å². The molecule has 2 rings (SSSR count). The second-order valence-corrected chi connectivity index (χ2v) is 4.81. The Morgan fingerprint density at radius 3 is 2.50 bits per heavy atom. The van der Waals surface area contributed by atoms with Crippen LogP contribution in [0.3, 0.4) is 0 Å². The van der Waals surface area contributed by atoms with Gasteiger partial charge in [0.2, 0.25) is 9.84 Å². The number of nitrogens with zero attached hydrogens (tertiary/aromatic N) is 1. The third-order valence-corrected chi connectivity index (χ3v) is 3.66. The predicted molar refractivity (Wildman–Crippen MR) is 53.8 cm³/mol. The van der Waals surface area contributed by atoms with Crippen LogP contribution in [0.5, 0.6) is 0 Å². The molecule has 6 heteroatoms. The highest BCUT2D eigenvalue weighted by atomic mass is 32.2. The van der Waals surface area contributed by atoms with E-state index in [-0.39, 0.29) is 10.6 Å². The smallest absolute Gasteiger partial charge is 0.253 e. The van der Waals surface area contributed by atoms with Crippen molar-refractivity contribution in [2.24, 2.45) is 0 Å². The Hall–Kier alpha value is -1.95. The quantitative estimate of drug-likeness (QED) is 0.752. The van der Waals surface area contributed by atoms with Crippen LogP contribution < -0.4 is 0 Å². The molecule has 0 radical (unpaired) electrons. The summed E-state index contributed by atoms with van der Waals surface area (Å²) in [7, 11) is -3.80. The molecule has 0 unspecified atom stereocenters.